The Hall–Kier alpha value is -1.22. The quantitative estimate of drug-likeness (QED) is 0.468. The molecular formula is C13H15IN2O4. The van der Waals surface area contributed by atoms with Gasteiger partial charge >= 0.3 is 0 Å². The van der Waals surface area contributed by atoms with Crippen LogP contribution in [0.3, 0.4) is 0 Å². The number of carbonyl (C=O) groups excluding carboxylic acids is 1. The van der Waals surface area contributed by atoms with E-state index in [4.69, 9.17) is 0 Å². The number of aliphatic hydroxyl groups excluding tert-OH is 1. The minimum absolute atomic E-state index is 0.0909. The molecule has 0 saturated heterocycles. The zero-order valence-corrected chi connectivity index (χ0v) is 12.9. The van der Waals surface area contributed by atoms with Crippen LogP contribution in [0.25, 0.3) is 0 Å². The van der Waals surface area contributed by atoms with E-state index in [0.29, 0.717) is 22.1 Å². The van der Waals surface area contributed by atoms with Gasteiger partial charge < -0.3 is 10.4 Å². The van der Waals surface area contributed by atoms with E-state index in [1.165, 1.54) is 12.1 Å². The highest BCUT2D eigenvalue weighted by Gasteiger charge is 2.23. The number of amides is 1. The lowest BCUT2D eigenvalue weighted by Crippen LogP contribution is -2.29. The van der Waals surface area contributed by atoms with E-state index in [1.54, 1.807) is 6.07 Å². The Kier molecular flexibility index (Phi) is 4.92. The number of hydrogen-bond donors (Lipinski definition) is 2. The minimum atomic E-state index is -0.514. The first kappa shape index (κ1) is 15.2. The Bertz CT molecular complexity index is 535. The average Bonchev–Trinajstić information content (AvgIpc) is 2.82. The highest BCUT2D eigenvalue weighted by molar-refractivity contribution is 14.1. The van der Waals surface area contributed by atoms with E-state index in [9.17, 15) is 20.0 Å². The van der Waals surface area contributed by atoms with Gasteiger partial charge in [0, 0.05) is 22.2 Å². The number of carbonyl (C=O) groups is 1. The van der Waals surface area contributed by atoms with Crippen LogP contribution >= 0.6 is 22.6 Å². The Morgan fingerprint density at radius 3 is 2.85 bits per heavy atom. The third-order valence-corrected chi connectivity index (χ3v) is 4.41. The van der Waals surface area contributed by atoms with Crippen LogP contribution in [0.4, 0.5) is 5.69 Å². The highest BCUT2D eigenvalue weighted by atomic mass is 127. The Labute approximate surface area is 129 Å². The molecule has 2 N–H and O–H groups in total. The predicted molar refractivity (Wildman–Crippen MR) is 81.5 cm³/mol. The van der Waals surface area contributed by atoms with Crippen molar-refractivity contribution in [2.45, 2.75) is 25.4 Å². The molecule has 7 heteroatoms. The molecule has 1 fully saturated rings. The van der Waals surface area contributed by atoms with Crippen LogP contribution in [0.15, 0.2) is 18.2 Å². The summed E-state index contributed by atoms with van der Waals surface area (Å²) in [5.74, 6) is -0.0233. The topological polar surface area (TPSA) is 92.5 Å². The first-order valence-corrected chi connectivity index (χ1v) is 7.45. The van der Waals surface area contributed by atoms with Gasteiger partial charge in [0.25, 0.3) is 11.6 Å². The second kappa shape index (κ2) is 6.49. The molecule has 1 aromatic rings. The summed E-state index contributed by atoms with van der Waals surface area (Å²) in [4.78, 5) is 22.3. The van der Waals surface area contributed by atoms with E-state index in [0.717, 1.165) is 12.8 Å². The maximum absolute atomic E-state index is 12.1. The number of non-ortho nitro benzene ring substituents is 1. The Morgan fingerprint density at radius 2 is 2.25 bits per heavy atom. The summed E-state index contributed by atoms with van der Waals surface area (Å²) in [6.07, 6.45) is 2.10. The number of nitro groups is 1. The van der Waals surface area contributed by atoms with Gasteiger partial charge in [-0.05, 0) is 53.8 Å². The van der Waals surface area contributed by atoms with Crippen LogP contribution in [0.1, 0.15) is 29.6 Å². The lowest BCUT2D eigenvalue weighted by atomic mass is 10.1. The Morgan fingerprint density at radius 1 is 1.50 bits per heavy atom. The smallest absolute Gasteiger partial charge is 0.270 e. The summed E-state index contributed by atoms with van der Waals surface area (Å²) in [5.41, 5.74) is 0.227. The summed E-state index contributed by atoms with van der Waals surface area (Å²) in [6.45, 7) is 0.495. The first-order valence-electron chi connectivity index (χ1n) is 6.37. The van der Waals surface area contributed by atoms with Gasteiger partial charge in [0.2, 0.25) is 0 Å². The highest BCUT2D eigenvalue weighted by Crippen LogP contribution is 2.25. The molecule has 2 rings (SSSR count). The molecule has 0 aliphatic heterocycles. The van der Waals surface area contributed by atoms with Crippen molar-refractivity contribution < 1.29 is 14.8 Å². The van der Waals surface area contributed by atoms with Crippen molar-refractivity contribution in [2.24, 2.45) is 5.92 Å². The van der Waals surface area contributed by atoms with Crippen molar-refractivity contribution in [3.63, 3.8) is 0 Å². The van der Waals surface area contributed by atoms with Crippen molar-refractivity contribution >= 4 is 34.2 Å². The molecule has 1 aliphatic carbocycles. The maximum atomic E-state index is 12.1. The van der Waals surface area contributed by atoms with Crippen LogP contribution in [0, 0.1) is 19.6 Å². The van der Waals surface area contributed by atoms with Crippen LogP contribution in [0.5, 0.6) is 0 Å². The molecule has 0 radical (unpaired) electrons. The van der Waals surface area contributed by atoms with Gasteiger partial charge in [0.05, 0.1) is 16.6 Å². The maximum Gasteiger partial charge on any atom is 0.270 e. The molecule has 6 nitrogen and oxygen atoms in total. The molecule has 1 saturated carbocycles. The monoisotopic (exact) mass is 390 g/mol. The molecule has 1 aromatic carbocycles. The van der Waals surface area contributed by atoms with Crippen LogP contribution in [-0.2, 0) is 0 Å². The van der Waals surface area contributed by atoms with E-state index in [-0.39, 0.29) is 23.6 Å². The first-order chi connectivity index (χ1) is 9.47. The standard InChI is InChI=1S/C13H15IN2O4/c14-12-4-2-9(16(19)20)6-11(12)13(18)15-7-8-1-3-10(17)5-8/h2,4,6,8,10,17H,1,3,5,7H2,(H,15,18). The second-order valence-electron chi connectivity index (χ2n) is 4.96. The fourth-order valence-corrected chi connectivity index (χ4v) is 2.95. The molecule has 1 amide bonds. The SMILES string of the molecule is O=C(NCC1CCC(O)C1)c1cc([N+](=O)[O-])ccc1I. The van der Waals surface area contributed by atoms with E-state index >= 15 is 0 Å². The average molecular weight is 390 g/mol. The number of nitrogens with one attached hydrogen (secondary N) is 1. The number of aliphatic hydroxyl groups is 1. The lowest BCUT2D eigenvalue weighted by Gasteiger charge is -2.11. The molecule has 108 valence electrons. The molecule has 20 heavy (non-hydrogen) atoms. The summed E-state index contributed by atoms with van der Waals surface area (Å²) in [6, 6.07) is 4.24. The molecule has 0 spiro atoms. The molecule has 0 aromatic heterocycles. The van der Waals surface area contributed by atoms with Gasteiger partial charge in [0.15, 0.2) is 0 Å². The van der Waals surface area contributed by atoms with Crippen molar-refractivity contribution in [3.8, 4) is 0 Å². The fourth-order valence-electron chi connectivity index (χ4n) is 2.37. The third-order valence-electron chi connectivity index (χ3n) is 3.47. The zero-order chi connectivity index (χ0) is 14.7. The van der Waals surface area contributed by atoms with Crippen molar-refractivity contribution in [3.05, 3.63) is 37.4 Å². The normalized spacial score (nSPS) is 21.7. The van der Waals surface area contributed by atoms with Crippen molar-refractivity contribution in [1.82, 2.24) is 5.32 Å². The molecule has 2 unspecified atom stereocenters. The second-order valence-corrected chi connectivity index (χ2v) is 6.13. The predicted octanol–water partition coefficient (Wildman–Crippen LogP) is 2.09. The van der Waals surface area contributed by atoms with E-state index in [1.807, 2.05) is 22.6 Å². The number of benzene rings is 1. The third kappa shape index (κ3) is 3.66. The van der Waals surface area contributed by atoms with Gasteiger partial charge in [-0.2, -0.15) is 0 Å². The number of rotatable bonds is 4. The zero-order valence-electron chi connectivity index (χ0n) is 10.7. The fraction of sp³-hybridized carbons (Fsp3) is 0.462. The van der Waals surface area contributed by atoms with Gasteiger partial charge in [-0.3, -0.25) is 14.9 Å². The van der Waals surface area contributed by atoms with Gasteiger partial charge in [0.1, 0.15) is 0 Å². The Balaban J connectivity index is 2.01. The number of nitrogens with zero attached hydrogens (tertiary/aromatic N) is 1. The number of halogens is 1. The minimum Gasteiger partial charge on any atom is -0.393 e. The van der Waals surface area contributed by atoms with Crippen LogP contribution < -0.4 is 5.32 Å². The van der Waals surface area contributed by atoms with Crippen molar-refractivity contribution in [1.29, 1.82) is 0 Å². The van der Waals surface area contributed by atoms with Crippen LogP contribution in [-0.4, -0.2) is 28.6 Å². The van der Waals surface area contributed by atoms with Gasteiger partial charge in [-0.15, -0.1) is 0 Å². The summed E-state index contributed by atoms with van der Waals surface area (Å²) in [7, 11) is 0. The van der Waals surface area contributed by atoms with Crippen molar-refractivity contribution in [2.75, 3.05) is 6.54 Å². The summed E-state index contributed by atoms with van der Waals surface area (Å²) >= 11 is 1.98. The number of hydrogen-bond acceptors (Lipinski definition) is 4. The van der Waals surface area contributed by atoms with Crippen LogP contribution in [0.2, 0.25) is 0 Å². The largest absolute Gasteiger partial charge is 0.393 e. The molecule has 1 aliphatic rings. The van der Waals surface area contributed by atoms with Gasteiger partial charge in [-0.25, -0.2) is 0 Å². The molecular weight excluding hydrogens is 375 g/mol. The summed E-state index contributed by atoms with van der Waals surface area (Å²) < 4.78 is 0.678. The summed E-state index contributed by atoms with van der Waals surface area (Å²) in [5, 5.41) is 23.0. The molecule has 0 heterocycles. The van der Waals surface area contributed by atoms with E-state index in [2.05, 4.69) is 5.32 Å². The molecule has 2 atom stereocenters. The number of nitro benzene ring substituents is 1. The van der Waals surface area contributed by atoms with E-state index < -0.39 is 4.92 Å². The lowest BCUT2D eigenvalue weighted by molar-refractivity contribution is -0.384. The van der Waals surface area contributed by atoms with Gasteiger partial charge in [-0.1, -0.05) is 0 Å². The molecule has 0 bridgehead atoms.